The van der Waals surface area contributed by atoms with Crippen molar-refractivity contribution in [3.05, 3.63) is 54.1 Å². The van der Waals surface area contributed by atoms with Gasteiger partial charge in [0.05, 0.1) is 6.54 Å². The highest BCUT2D eigenvalue weighted by atomic mass is 16.5. The molecule has 0 spiro atoms. The normalized spacial score (nSPS) is 15.4. The van der Waals surface area contributed by atoms with Gasteiger partial charge in [-0.3, -0.25) is 4.99 Å². The van der Waals surface area contributed by atoms with Crippen LogP contribution in [-0.2, 0) is 22.6 Å². The highest BCUT2D eigenvalue weighted by Crippen LogP contribution is 2.14. The fourth-order valence-electron chi connectivity index (χ4n) is 3.36. The minimum Gasteiger partial charge on any atom is -0.381 e. The van der Waals surface area contributed by atoms with Crippen LogP contribution in [0.4, 0.5) is 0 Å². The molecule has 2 heterocycles. The van der Waals surface area contributed by atoms with Gasteiger partial charge < -0.3 is 24.7 Å². The quantitative estimate of drug-likeness (QED) is 0.365. The number of guanidine groups is 1. The lowest BCUT2D eigenvalue weighted by atomic mass is 10.0. The smallest absolute Gasteiger partial charge is 0.191 e. The van der Waals surface area contributed by atoms with Gasteiger partial charge in [-0.15, -0.1) is 0 Å². The molecule has 1 aromatic heterocycles. The number of rotatable bonds is 10. The number of aliphatic imine (C=N–C) groups is 1. The molecule has 0 radical (unpaired) electrons. The van der Waals surface area contributed by atoms with E-state index in [0.29, 0.717) is 12.5 Å². The molecule has 2 aromatic rings. The van der Waals surface area contributed by atoms with Gasteiger partial charge in [0.2, 0.25) is 0 Å². The number of ether oxygens (including phenoxy) is 2. The number of benzene rings is 1. The molecule has 0 saturated carbocycles. The molecule has 7 nitrogen and oxygen atoms in total. The van der Waals surface area contributed by atoms with E-state index in [0.717, 1.165) is 70.6 Å². The number of nitrogens with one attached hydrogen (secondary N) is 2. The molecule has 2 N–H and O–H groups in total. The molecule has 0 unspecified atom stereocenters. The summed E-state index contributed by atoms with van der Waals surface area (Å²) in [6.45, 7) is 5.63. The monoisotopic (exact) mass is 399 g/mol. The number of hydrogen-bond acceptors (Lipinski definition) is 4. The minimum absolute atomic E-state index is 0.625. The Morgan fingerprint density at radius 2 is 2.07 bits per heavy atom. The van der Waals surface area contributed by atoms with Gasteiger partial charge >= 0.3 is 0 Å². The first-order valence-electron chi connectivity index (χ1n) is 10.5. The van der Waals surface area contributed by atoms with Gasteiger partial charge in [0.15, 0.2) is 5.96 Å². The Bertz CT molecular complexity index is 726. The van der Waals surface area contributed by atoms with Gasteiger partial charge in [-0.25, -0.2) is 4.98 Å². The van der Waals surface area contributed by atoms with Gasteiger partial charge in [-0.05, 0) is 30.7 Å². The Balaban J connectivity index is 1.32. The highest BCUT2D eigenvalue weighted by Gasteiger charge is 2.13. The highest BCUT2D eigenvalue weighted by molar-refractivity contribution is 5.79. The summed E-state index contributed by atoms with van der Waals surface area (Å²) in [5.74, 6) is 2.42. The SMILES string of the molecule is CN=C(NCCCOCC1CCOCC1)NCc1nccn1Cc1ccccc1. The molecule has 0 atom stereocenters. The van der Waals surface area contributed by atoms with Crippen molar-refractivity contribution in [3.8, 4) is 0 Å². The molecule has 29 heavy (non-hydrogen) atoms. The lowest BCUT2D eigenvalue weighted by Crippen LogP contribution is -2.38. The van der Waals surface area contributed by atoms with Crippen LogP contribution in [-0.4, -0.2) is 55.5 Å². The van der Waals surface area contributed by atoms with Crippen molar-refractivity contribution >= 4 is 5.96 Å². The van der Waals surface area contributed by atoms with E-state index in [1.807, 2.05) is 18.5 Å². The van der Waals surface area contributed by atoms with Gasteiger partial charge in [-0.1, -0.05) is 30.3 Å². The fourth-order valence-corrected chi connectivity index (χ4v) is 3.36. The van der Waals surface area contributed by atoms with Crippen LogP contribution in [0.25, 0.3) is 0 Å². The van der Waals surface area contributed by atoms with E-state index >= 15 is 0 Å². The first kappa shape index (κ1) is 21.3. The van der Waals surface area contributed by atoms with Crippen molar-refractivity contribution in [2.75, 3.05) is 40.0 Å². The van der Waals surface area contributed by atoms with Crippen LogP contribution in [0, 0.1) is 5.92 Å². The molecule has 3 rings (SSSR count). The summed E-state index contributed by atoms with van der Waals surface area (Å²) in [6.07, 6.45) is 7.04. The van der Waals surface area contributed by atoms with Gasteiger partial charge in [0, 0.05) is 59.0 Å². The van der Waals surface area contributed by atoms with Crippen LogP contribution in [0.2, 0.25) is 0 Å². The van der Waals surface area contributed by atoms with E-state index < -0.39 is 0 Å². The van der Waals surface area contributed by atoms with E-state index in [9.17, 15) is 0 Å². The molecule has 1 aromatic carbocycles. The van der Waals surface area contributed by atoms with E-state index in [1.54, 1.807) is 7.05 Å². The zero-order valence-electron chi connectivity index (χ0n) is 17.3. The standard InChI is InChI=1S/C22H33N5O2/c1-23-22(25-10-5-13-29-18-20-8-14-28-15-9-20)26-16-21-24-11-12-27(21)17-19-6-3-2-4-7-19/h2-4,6-7,11-12,20H,5,8-10,13-18H2,1H3,(H2,23,25,26). The molecule has 0 aliphatic carbocycles. The Hall–Kier alpha value is -2.38. The minimum atomic E-state index is 0.625. The average molecular weight is 400 g/mol. The maximum Gasteiger partial charge on any atom is 0.191 e. The van der Waals surface area contributed by atoms with Crippen LogP contribution in [0.5, 0.6) is 0 Å². The summed E-state index contributed by atoms with van der Waals surface area (Å²) < 4.78 is 13.3. The number of hydrogen-bond donors (Lipinski definition) is 2. The molecule has 1 aliphatic rings. The maximum absolute atomic E-state index is 5.81. The molecule has 7 heteroatoms. The Morgan fingerprint density at radius 3 is 2.86 bits per heavy atom. The predicted molar refractivity (Wildman–Crippen MR) is 115 cm³/mol. The summed E-state index contributed by atoms with van der Waals surface area (Å²) >= 11 is 0. The second-order valence-corrected chi connectivity index (χ2v) is 7.29. The van der Waals surface area contributed by atoms with E-state index in [4.69, 9.17) is 9.47 Å². The topological polar surface area (TPSA) is 72.7 Å². The average Bonchev–Trinajstić information content (AvgIpc) is 3.21. The summed E-state index contributed by atoms with van der Waals surface area (Å²) in [7, 11) is 1.79. The Morgan fingerprint density at radius 1 is 1.24 bits per heavy atom. The lowest BCUT2D eigenvalue weighted by molar-refractivity contribution is 0.0203. The van der Waals surface area contributed by atoms with Crippen LogP contribution < -0.4 is 10.6 Å². The van der Waals surface area contributed by atoms with E-state index in [2.05, 4.69) is 49.4 Å². The third kappa shape index (κ3) is 7.51. The van der Waals surface area contributed by atoms with Crippen LogP contribution in [0.3, 0.4) is 0 Å². The van der Waals surface area contributed by atoms with E-state index in [-0.39, 0.29) is 0 Å². The van der Waals surface area contributed by atoms with Gasteiger partial charge in [-0.2, -0.15) is 0 Å². The van der Waals surface area contributed by atoms with Crippen molar-refractivity contribution in [1.29, 1.82) is 0 Å². The third-order valence-corrected chi connectivity index (χ3v) is 5.09. The molecule has 0 amide bonds. The molecule has 1 fully saturated rings. The molecule has 158 valence electrons. The van der Waals surface area contributed by atoms with Crippen molar-refractivity contribution < 1.29 is 9.47 Å². The number of imidazole rings is 1. The Labute approximate surface area is 173 Å². The molecule has 1 saturated heterocycles. The van der Waals surface area contributed by atoms with Crippen molar-refractivity contribution in [3.63, 3.8) is 0 Å². The second kappa shape index (κ2) is 12.2. The molecule has 0 bridgehead atoms. The zero-order chi connectivity index (χ0) is 20.2. The van der Waals surface area contributed by atoms with E-state index in [1.165, 1.54) is 5.56 Å². The van der Waals surface area contributed by atoms with Gasteiger partial charge in [0.25, 0.3) is 0 Å². The molecule has 1 aliphatic heterocycles. The Kier molecular flexibility index (Phi) is 9.00. The summed E-state index contributed by atoms with van der Waals surface area (Å²) in [4.78, 5) is 8.77. The predicted octanol–water partition coefficient (Wildman–Crippen LogP) is 2.43. The third-order valence-electron chi connectivity index (χ3n) is 5.09. The van der Waals surface area contributed by atoms with Crippen LogP contribution >= 0.6 is 0 Å². The first-order valence-corrected chi connectivity index (χ1v) is 10.5. The van der Waals surface area contributed by atoms with Gasteiger partial charge in [0.1, 0.15) is 5.82 Å². The summed E-state index contributed by atoms with van der Waals surface area (Å²) in [6, 6.07) is 10.4. The second-order valence-electron chi connectivity index (χ2n) is 7.29. The summed E-state index contributed by atoms with van der Waals surface area (Å²) in [5, 5.41) is 6.68. The summed E-state index contributed by atoms with van der Waals surface area (Å²) in [5.41, 5.74) is 1.26. The maximum atomic E-state index is 5.81. The first-order chi connectivity index (χ1) is 14.3. The van der Waals surface area contributed by atoms with Crippen LogP contribution in [0.15, 0.2) is 47.7 Å². The number of aromatic nitrogens is 2. The number of nitrogens with zero attached hydrogens (tertiary/aromatic N) is 3. The zero-order valence-corrected chi connectivity index (χ0v) is 17.3. The molecular formula is C22H33N5O2. The van der Waals surface area contributed by atoms with Crippen molar-refractivity contribution in [2.45, 2.75) is 32.4 Å². The van der Waals surface area contributed by atoms with Crippen molar-refractivity contribution in [1.82, 2.24) is 20.2 Å². The molecular weight excluding hydrogens is 366 g/mol. The lowest BCUT2D eigenvalue weighted by Gasteiger charge is -2.21. The largest absolute Gasteiger partial charge is 0.381 e. The van der Waals surface area contributed by atoms with Crippen LogP contribution in [0.1, 0.15) is 30.7 Å². The fraction of sp³-hybridized carbons (Fsp3) is 0.545. The van der Waals surface area contributed by atoms with Crippen molar-refractivity contribution in [2.24, 2.45) is 10.9 Å².